The molecule has 1 fully saturated rings. The Morgan fingerprint density at radius 2 is 2.18 bits per heavy atom. The first-order valence-electron chi connectivity index (χ1n) is 5.81. The van der Waals surface area contributed by atoms with E-state index in [1.54, 1.807) is 12.2 Å². The summed E-state index contributed by atoms with van der Waals surface area (Å²) in [5.41, 5.74) is 0.283. The van der Waals surface area contributed by atoms with Gasteiger partial charge in [-0.15, -0.1) is 0 Å². The van der Waals surface area contributed by atoms with Gasteiger partial charge in [0, 0.05) is 6.42 Å². The van der Waals surface area contributed by atoms with Crippen LogP contribution in [-0.2, 0) is 14.4 Å². The SMILES string of the molecule is CON1C(=O)CC[C@@H](C)[C@@]12C=CC(=O)C=C2C. The predicted octanol–water partition coefficient (Wildman–Crippen LogP) is 1.63. The van der Waals surface area contributed by atoms with Gasteiger partial charge in [0.15, 0.2) is 5.78 Å². The Morgan fingerprint density at radius 3 is 2.76 bits per heavy atom. The van der Waals surface area contributed by atoms with Crippen LogP contribution in [0.15, 0.2) is 23.8 Å². The van der Waals surface area contributed by atoms with Crippen LogP contribution < -0.4 is 0 Å². The fourth-order valence-corrected chi connectivity index (χ4v) is 2.82. The molecule has 4 heteroatoms. The topological polar surface area (TPSA) is 46.6 Å². The molecular weight excluding hydrogens is 218 g/mol. The zero-order valence-electron chi connectivity index (χ0n) is 10.4. The highest BCUT2D eigenvalue weighted by Gasteiger charge is 2.48. The van der Waals surface area contributed by atoms with E-state index in [9.17, 15) is 9.59 Å². The van der Waals surface area contributed by atoms with E-state index in [0.29, 0.717) is 6.42 Å². The first kappa shape index (κ1) is 12.0. The van der Waals surface area contributed by atoms with Gasteiger partial charge in [0.05, 0.1) is 7.11 Å². The molecule has 2 aliphatic rings. The highest BCUT2D eigenvalue weighted by molar-refractivity contribution is 6.01. The highest BCUT2D eigenvalue weighted by atomic mass is 16.7. The summed E-state index contributed by atoms with van der Waals surface area (Å²) < 4.78 is 0. The highest BCUT2D eigenvalue weighted by Crippen LogP contribution is 2.42. The van der Waals surface area contributed by atoms with Gasteiger partial charge in [-0.25, -0.2) is 5.06 Å². The van der Waals surface area contributed by atoms with E-state index >= 15 is 0 Å². The van der Waals surface area contributed by atoms with Crippen LogP contribution in [0.1, 0.15) is 26.7 Å². The maximum atomic E-state index is 11.9. The first-order chi connectivity index (χ1) is 8.02. The van der Waals surface area contributed by atoms with E-state index in [1.807, 2.05) is 6.92 Å². The van der Waals surface area contributed by atoms with Gasteiger partial charge < -0.3 is 0 Å². The van der Waals surface area contributed by atoms with Crippen LogP contribution in [0.4, 0.5) is 0 Å². The number of allylic oxidation sites excluding steroid dienone is 2. The Morgan fingerprint density at radius 1 is 1.47 bits per heavy atom. The second-order valence-corrected chi connectivity index (χ2v) is 4.70. The normalized spacial score (nSPS) is 33.2. The van der Waals surface area contributed by atoms with E-state index in [4.69, 9.17) is 4.84 Å². The molecule has 0 aromatic rings. The monoisotopic (exact) mass is 235 g/mol. The predicted molar refractivity (Wildman–Crippen MR) is 62.9 cm³/mol. The molecule has 1 spiro atoms. The lowest BCUT2D eigenvalue weighted by molar-refractivity contribution is -0.211. The Hall–Kier alpha value is -1.42. The molecular formula is C13H17NO3. The fraction of sp³-hybridized carbons (Fsp3) is 0.538. The number of hydrogen-bond acceptors (Lipinski definition) is 3. The summed E-state index contributed by atoms with van der Waals surface area (Å²) in [4.78, 5) is 28.6. The van der Waals surface area contributed by atoms with Crippen molar-refractivity contribution in [3.05, 3.63) is 23.8 Å². The zero-order valence-corrected chi connectivity index (χ0v) is 10.4. The van der Waals surface area contributed by atoms with Gasteiger partial charge >= 0.3 is 0 Å². The largest absolute Gasteiger partial charge is 0.290 e. The number of rotatable bonds is 1. The molecule has 1 amide bonds. The third kappa shape index (κ3) is 1.63. The Kier molecular flexibility index (Phi) is 2.91. The molecule has 0 radical (unpaired) electrons. The van der Waals surface area contributed by atoms with Crippen LogP contribution in [0.2, 0.25) is 0 Å². The summed E-state index contributed by atoms with van der Waals surface area (Å²) in [6.45, 7) is 3.96. The summed E-state index contributed by atoms with van der Waals surface area (Å²) in [6, 6.07) is 0. The third-order valence-corrected chi connectivity index (χ3v) is 3.78. The fourth-order valence-electron chi connectivity index (χ4n) is 2.82. The first-order valence-corrected chi connectivity index (χ1v) is 5.81. The zero-order chi connectivity index (χ0) is 12.6. The molecule has 0 unspecified atom stereocenters. The van der Waals surface area contributed by atoms with Gasteiger partial charge in [-0.3, -0.25) is 14.4 Å². The number of hydrogen-bond donors (Lipinski definition) is 0. The lowest BCUT2D eigenvalue weighted by Crippen LogP contribution is -2.58. The molecule has 2 rings (SSSR count). The summed E-state index contributed by atoms with van der Waals surface area (Å²) in [5.74, 6) is 0.174. The van der Waals surface area contributed by atoms with Gasteiger partial charge in [-0.2, -0.15) is 0 Å². The number of piperidine rings is 1. The van der Waals surface area contributed by atoms with Crippen LogP contribution in [0.5, 0.6) is 0 Å². The van der Waals surface area contributed by atoms with E-state index < -0.39 is 5.54 Å². The Labute approximate surface area is 101 Å². The maximum Gasteiger partial charge on any atom is 0.247 e. The molecule has 1 aliphatic carbocycles. The van der Waals surface area contributed by atoms with Crippen molar-refractivity contribution in [3.63, 3.8) is 0 Å². The molecule has 0 saturated carbocycles. The van der Waals surface area contributed by atoms with Crippen molar-refractivity contribution in [2.45, 2.75) is 32.2 Å². The van der Waals surface area contributed by atoms with Gasteiger partial charge in [0.2, 0.25) is 5.91 Å². The molecule has 0 N–H and O–H groups in total. The molecule has 2 atom stereocenters. The number of carbonyl (C=O) groups excluding carboxylic acids is 2. The van der Waals surface area contributed by atoms with Crippen molar-refractivity contribution in [2.75, 3.05) is 7.11 Å². The molecule has 0 aromatic heterocycles. The average molecular weight is 235 g/mol. The smallest absolute Gasteiger partial charge is 0.247 e. The number of ketones is 1. The molecule has 1 heterocycles. The van der Waals surface area contributed by atoms with Crippen molar-refractivity contribution in [2.24, 2.45) is 5.92 Å². The maximum absolute atomic E-state index is 11.9. The minimum absolute atomic E-state index is 0.0302. The number of carbonyl (C=O) groups is 2. The molecule has 1 aliphatic heterocycles. The second kappa shape index (κ2) is 4.11. The summed E-state index contributed by atoms with van der Waals surface area (Å²) in [6.07, 6.45) is 6.21. The number of hydroxylamine groups is 2. The van der Waals surface area contributed by atoms with E-state index in [0.717, 1.165) is 12.0 Å². The summed E-state index contributed by atoms with van der Waals surface area (Å²) in [7, 11) is 1.50. The molecule has 92 valence electrons. The lowest BCUT2D eigenvalue weighted by Gasteiger charge is -2.48. The van der Waals surface area contributed by atoms with Crippen molar-refractivity contribution in [1.82, 2.24) is 5.06 Å². The Balaban J connectivity index is 2.51. The second-order valence-electron chi connectivity index (χ2n) is 4.70. The van der Waals surface area contributed by atoms with Crippen LogP contribution >= 0.6 is 0 Å². The molecule has 0 bridgehead atoms. The average Bonchev–Trinajstić information content (AvgIpc) is 2.29. The van der Waals surface area contributed by atoms with Crippen LogP contribution in [0.25, 0.3) is 0 Å². The standard InChI is InChI=1S/C13H17NO3/c1-9-4-5-12(16)14(17-3)13(9)7-6-11(15)8-10(13)2/h6-9H,4-5H2,1-3H3/t9-,13-/m1/s1. The van der Waals surface area contributed by atoms with Gasteiger partial charge in [-0.1, -0.05) is 6.92 Å². The molecule has 17 heavy (non-hydrogen) atoms. The number of nitrogens with zero attached hydrogens (tertiary/aromatic N) is 1. The van der Waals surface area contributed by atoms with E-state index in [2.05, 4.69) is 6.92 Å². The quantitative estimate of drug-likeness (QED) is 0.694. The Bertz CT molecular complexity index is 424. The van der Waals surface area contributed by atoms with Gasteiger partial charge in [-0.05, 0) is 43.1 Å². The molecule has 4 nitrogen and oxygen atoms in total. The molecule has 1 saturated heterocycles. The van der Waals surface area contributed by atoms with Crippen LogP contribution in [0.3, 0.4) is 0 Å². The number of amides is 1. The van der Waals surface area contributed by atoms with Crippen LogP contribution in [-0.4, -0.2) is 29.4 Å². The minimum atomic E-state index is -0.585. The van der Waals surface area contributed by atoms with Crippen molar-refractivity contribution >= 4 is 11.7 Å². The van der Waals surface area contributed by atoms with Gasteiger partial charge in [0.1, 0.15) is 5.54 Å². The molecule has 0 aromatic carbocycles. The lowest BCUT2D eigenvalue weighted by atomic mass is 9.71. The summed E-state index contributed by atoms with van der Waals surface area (Å²) in [5, 5.41) is 1.41. The minimum Gasteiger partial charge on any atom is -0.290 e. The van der Waals surface area contributed by atoms with Crippen molar-refractivity contribution < 1.29 is 14.4 Å². The van der Waals surface area contributed by atoms with Crippen molar-refractivity contribution in [1.29, 1.82) is 0 Å². The van der Waals surface area contributed by atoms with E-state index in [1.165, 1.54) is 18.2 Å². The van der Waals surface area contributed by atoms with Crippen molar-refractivity contribution in [3.8, 4) is 0 Å². The van der Waals surface area contributed by atoms with Gasteiger partial charge in [0.25, 0.3) is 0 Å². The summed E-state index contributed by atoms with van der Waals surface area (Å²) >= 11 is 0. The third-order valence-electron chi connectivity index (χ3n) is 3.78. The van der Waals surface area contributed by atoms with E-state index in [-0.39, 0.29) is 17.6 Å². The van der Waals surface area contributed by atoms with Crippen LogP contribution in [0, 0.1) is 5.92 Å².